The van der Waals surface area contributed by atoms with Crippen molar-refractivity contribution in [1.29, 1.82) is 0 Å². The molecule has 38 heavy (non-hydrogen) atoms. The van der Waals surface area contributed by atoms with Crippen molar-refractivity contribution in [3.05, 3.63) is 35.1 Å². The number of ether oxygens (including phenoxy) is 3. The normalized spacial score (nSPS) is 22.1. The van der Waals surface area contributed by atoms with Crippen molar-refractivity contribution in [2.45, 2.75) is 90.3 Å². The first-order valence-corrected chi connectivity index (χ1v) is 13.0. The Morgan fingerprint density at radius 1 is 1.05 bits per heavy atom. The molecule has 0 radical (unpaired) electrons. The summed E-state index contributed by atoms with van der Waals surface area (Å²) < 4.78 is 30.2. The van der Waals surface area contributed by atoms with Gasteiger partial charge in [-0.15, -0.1) is 0 Å². The molecular formula is C27H36FN3O7. The van der Waals surface area contributed by atoms with E-state index in [1.165, 1.54) is 23.0 Å². The van der Waals surface area contributed by atoms with E-state index in [0.717, 1.165) is 25.7 Å². The summed E-state index contributed by atoms with van der Waals surface area (Å²) in [4.78, 5) is 54.5. The number of carbonyl (C=O) groups is 4. The van der Waals surface area contributed by atoms with Gasteiger partial charge in [-0.2, -0.15) is 0 Å². The number of benzene rings is 1. The van der Waals surface area contributed by atoms with E-state index in [1.807, 2.05) is 0 Å². The summed E-state index contributed by atoms with van der Waals surface area (Å²) in [6, 6.07) is 2.71. The van der Waals surface area contributed by atoms with Crippen LogP contribution in [0.4, 0.5) is 14.0 Å². The van der Waals surface area contributed by atoms with Gasteiger partial charge in [0.1, 0.15) is 30.1 Å². The highest BCUT2D eigenvalue weighted by atomic mass is 19.1. The topological polar surface area (TPSA) is 114 Å². The molecule has 0 aromatic heterocycles. The number of nitrogens with zero attached hydrogens (tertiary/aromatic N) is 2. The number of alkyl carbamates (subject to hydrolysis) is 1. The van der Waals surface area contributed by atoms with Gasteiger partial charge in [-0.1, -0.05) is 32.9 Å². The minimum atomic E-state index is -0.992. The Labute approximate surface area is 221 Å². The first-order valence-electron chi connectivity index (χ1n) is 13.0. The van der Waals surface area contributed by atoms with Gasteiger partial charge >= 0.3 is 18.2 Å². The van der Waals surface area contributed by atoms with E-state index in [4.69, 9.17) is 14.2 Å². The molecule has 1 saturated heterocycles. The number of hydrogen-bond acceptors (Lipinski definition) is 7. The van der Waals surface area contributed by atoms with E-state index in [0.29, 0.717) is 11.1 Å². The molecule has 1 N–H and O–H groups in total. The highest BCUT2D eigenvalue weighted by Gasteiger charge is 2.47. The van der Waals surface area contributed by atoms with Gasteiger partial charge in [0.05, 0.1) is 20.2 Å². The maximum atomic E-state index is 14.1. The minimum Gasteiger partial charge on any atom is -0.467 e. The molecule has 2 fully saturated rings. The number of carbonyl (C=O) groups excluding carboxylic acids is 4. The molecule has 0 bridgehead atoms. The second-order valence-corrected chi connectivity index (χ2v) is 11.3. The molecule has 1 saturated carbocycles. The Hall–Kier alpha value is -3.37. The summed E-state index contributed by atoms with van der Waals surface area (Å²) in [5.74, 6) is -1.52. The Kier molecular flexibility index (Phi) is 8.13. The molecule has 4 rings (SSSR count). The molecule has 0 unspecified atom stereocenters. The third-order valence-corrected chi connectivity index (χ3v) is 7.42. The van der Waals surface area contributed by atoms with E-state index < -0.39 is 47.7 Å². The van der Waals surface area contributed by atoms with Gasteiger partial charge in [-0.05, 0) is 42.7 Å². The average molecular weight is 534 g/mol. The van der Waals surface area contributed by atoms with Gasteiger partial charge < -0.3 is 24.4 Å². The van der Waals surface area contributed by atoms with E-state index in [-0.39, 0.29) is 38.0 Å². The minimum absolute atomic E-state index is 0.0443. The smallest absolute Gasteiger partial charge is 0.410 e. The molecule has 0 spiro atoms. The van der Waals surface area contributed by atoms with Gasteiger partial charge in [-0.25, -0.2) is 18.8 Å². The summed E-state index contributed by atoms with van der Waals surface area (Å²) in [6.07, 6.45) is 1.32. The van der Waals surface area contributed by atoms with Crippen LogP contribution in [0.5, 0.6) is 0 Å². The third kappa shape index (κ3) is 6.02. The van der Waals surface area contributed by atoms with Crippen molar-refractivity contribution < 1.29 is 37.8 Å². The molecule has 1 aromatic rings. The molecule has 3 amide bonds. The van der Waals surface area contributed by atoms with Crippen molar-refractivity contribution in [3.8, 4) is 0 Å². The molecule has 2 aliphatic heterocycles. The predicted octanol–water partition coefficient (Wildman–Crippen LogP) is 3.50. The number of methoxy groups -OCH3 is 1. The van der Waals surface area contributed by atoms with Crippen LogP contribution >= 0.6 is 0 Å². The first-order chi connectivity index (χ1) is 18.0. The zero-order chi connectivity index (χ0) is 27.6. The molecule has 11 heteroatoms. The van der Waals surface area contributed by atoms with Crippen LogP contribution in [0, 0.1) is 11.2 Å². The van der Waals surface area contributed by atoms with Crippen LogP contribution in [0.2, 0.25) is 0 Å². The molecule has 1 aliphatic carbocycles. The second-order valence-electron chi connectivity index (χ2n) is 11.3. The summed E-state index contributed by atoms with van der Waals surface area (Å²) in [5, 5.41) is 2.70. The Balaban J connectivity index is 1.44. The van der Waals surface area contributed by atoms with Crippen LogP contribution in [0.1, 0.15) is 64.0 Å². The summed E-state index contributed by atoms with van der Waals surface area (Å²) in [5.41, 5.74) is 0.456. The molecule has 3 aliphatic rings. The molecule has 3 atom stereocenters. The van der Waals surface area contributed by atoms with Crippen molar-refractivity contribution >= 4 is 24.1 Å². The van der Waals surface area contributed by atoms with Gasteiger partial charge in [0.2, 0.25) is 5.91 Å². The lowest BCUT2D eigenvalue weighted by Gasteiger charge is -2.34. The Morgan fingerprint density at radius 2 is 1.76 bits per heavy atom. The van der Waals surface area contributed by atoms with Crippen LogP contribution in [0.15, 0.2) is 18.2 Å². The lowest BCUT2D eigenvalue weighted by Crippen LogP contribution is -2.57. The standard InChI is InChI=1S/C27H36FN3O7/c1-27(2,3)22(29-25(34)37-17-9-5-6-10-17)23(32)31-14-18(12-21(31)24(33)36-4)38-26(35)30-13-16-8-7-11-20(28)19(16)15-30/h7-8,11,17-18,21-22H,5-6,9-10,12-15H2,1-4H3,(H,29,34)/t18-,21+,22-/m1/s1. The third-order valence-electron chi connectivity index (χ3n) is 7.42. The fraction of sp³-hybridized carbons (Fsp3) is 0.630. The summed E-state index contributed by atoms with van der Waals surface area (Å²) in [6.45, 7) is 5.64. The lowest BCUT2D eigenvalue weighted by atomic mass is 9.85. The van der Waals surface area contributed by atoms with E-state index in [9.17, 15) is 23.6 Å². The summed E-state index contributed by atoms with van der Waals surface area (Å²) >= 11 is 0. The molecule has 1 aromatic carbocycles. The van der Waals surface area contributed by atoms with Crippen molar-refractivity contribution in [2.75, 3.05) is 13.7 Å². The largest absolute Gasteiger partial charge is 0.467 e. The van der Waals surface area contributed by atoms with Gasteiger partial charge in [0.25, 0.3) is 0 Å². The lowest BCUT2D eigenvalue weighted by molar-refractivity contribution is -0.152. The number of hydrogen-bond donors (Lipinski definition) is 1. The van der Waals surface area contributed by atoms with Crippen molar-refractivity contribution in [1.82, 2.24) is 15.1 Å². The molecular weight excluding hydrogens is 497 g/mol. The monoisotopic (exact) mass is 533 g/mol. The fourth-order valence-electron chi connectivity index (χ4n) is 5.34. The maximum Gasteiger partial charge on any atom is 0.410 e. The Morgan fingerprint density at radius 3 is 2.39 bits per heavy atom. The zero-order valence-corrected chi connectivity index (χ0v) is 22.3. The first kappa shape index (κ1) is 27.7. The SMILES string of the molecule is COC(=O)[C@@H]1C[C@@H](OC(=O)N2Cc3cccc(F)c3C2)CN1C(=O)[C@@H](NC(=O)OC1CCCC1)C(C)(C)C. The van der Waals surface area contributed by atoms with E-state index >= 15 is 0 Å². The van der Waals surface area contributed by atoms with E-state index in [1.54, 1.807) is 32.9 Å². The second kappa shape index (κ2) is 11.2. The van der Waals surface area contributed by atoms with Gasteiger partial charge in [0.15, 0.2) is 0 Å². The summed E-state index contributed by atoms with van der Waals surface area (Å²) in [7, 11) is 1.22. The molecule has 2 heterocycles. The highest BCUT2D eigenvalue weighted by Crippen LogP contribution is 2.30. The number of halogens is 1. The number of esters is 1. The molecule has 10 nitrogen and oxygen atoms in total. The zero-order valence-electron chi connectivity index (χ0n) is 22.3. The Bertz CT molecular complexity index is 1080. The number of amides is 3. The molecule has 208 valence electrons. The van der Waals surface area contributed by atoms with Gasteiger partial charge in [0, 0.05) is 18.5 Å². The van der Waals surface area contributed by atoms with Crippen LogP contribution in [-0.4, -0.2) is 71.8 Å². The number of nitrogens with one attached hydrogen (secondary N) is 1. The van der Waals surface area contributed by atoms with Crippen LogP contribution in [-0.2, 0) is 36.9 Å². The number of rotatable bonds is 5. The van der Waals surface area contributed by atoms with Crippen LogP contribution < -0.4 is 5.32 Å². The highest BCUT2D eigenvalue weighted by molar-refractivity contribution is 5.91. The van der Waals surface area contributed by atoms with Crippen LogP contribution in [0.25, 0.3) is 0 Å². The van der Waals surface area contributed by atoms with Crippen molar-refractivity contribution in [2.24, 2.45) is 5.41 Å². The van der Waals surface area contributed by atoms with E-state index in [2.05, 4.69) is 5.32 Å². The fourth-order valence-corrected chi connectivity index (χ4v) is 5.34. The average Bonchev–Trinajstić information content (AvgIpc) is 3.61. The quantitative estimate of drug-likeness (QED) is 0.455. The number of fused-ring (bicyclic) bond motifs is 1. The predicted molar refractivity (Wildman–Crippen MR) is 133 cm³/mol. The van der Waals surface area contributed by atoms with Crippen molar-refractivity contribution in [3.63, 3.8) is 0 Å². The van der Waals surface area contributed by atoms with Gasteiger partial charge in [-0.3, -0.25) is 9.69 Å². The van der Waals surface area contributed by atoms with Crippen LogP contribution in [0.3, 0.4) is 0 Å². The number of likely N-dealkylation sites (tertiary alicyclic amines) is 1. The maximum absolute atomic E-state index is 14.1.